The van der Waals surface area contributed by atoms with E-state index in [0.717, 1.165) is 5.56 Å². The molecule has 0 radical (unpaired) electrons. The Morgan fingerprint density at radius 2 is 1.82 bits per heavy atom. The van der Waals surface area contributed by atoms with E-state index in [1.54, 1.807) is 48.5 Å². The van der Waals surface area contributed by atoms with Crippen LogP contribution in [0.2, 0.25) is 15.1 Å². The summed E-state index contributed by atoms with van der Waals surface area (Å²) >= 11 is 21.3. The number of halogens is 4. The summed E-state index contributed by atoms with van der Waals surface area (Å²) in [6, 6.07) is 17.1. The van der Waals surface area contributed by atoms with Crippen LogP contribution >= 0.6 is 50.7 Å². The predicted octanol–water partition coefficient (Wildman–Crippen LogP) is 7.54. The van der Waals surface area contributed by atoms with E-state index in [-0.39, 0.29) is 12.2 Å². The van der Waals surface area contributed by atoms with Gasteiger partial charge in [-0.1, -0.05) is 40.9 Å². The number of hydrogen-bond donors (Lipinski definition) is 1. The van der Waals surface area contributed by atoms with Gasteiger partial charge in [-0.3, -0.25) is 4.79 Å². The topological polar surface area (TPSA) is 71.3 Å². The lowest BCUT2D eigenvalue weighted by Crippen LogP contribution is -2.13. The molecular weight excluding hydrogens is 551 g/mol. The standard InChI is InChI=1S/C24H16BrCl3N2O3/c1-32-22-11-15(8-16(12-29)24(31)30-18-5-3-17(26)4-6-18)9-19(25)23(22)33-13-14-2-7-20(27)21(28)10-14/h2-11H,13H2,1H3,(H,30,31)/b16-8-. The van der Waals surface area contributed by atoms with E-state index < -0.39 is 5.91 Å². The number of rotatable bonds is 7. The first-order valence-corrected chi connectivity index (χ1v) is 11.4. The van der Waals surface area contributed by atoms with Crippen LogP contribution in [0.25, 0.3) is 6.08 Å². The molecule has 0 aromatic heterocycles. The van der Waals surface area contributed by atoms with Gasteiger partial charge in [-0.25, -0.2) is 0 Å². The van der Waals surface area contributed by atoms with Crippen LogP contribution in [0.4, 0.5) is 5.69 Å². The van der Waals surface area contributed by atoms with Gasteiger partial charge < -0.3 is 14.8 Å². The van der Waals surface area contributed by atoms with Gasteiger partial charge in [0.1, 0.15) is 18.2 Å². The second-order valence-electron chi connectivity index (χ2n) is 6.70. The van der Waals surface area contributed by atoms with Crippen LogP contribution in [0.1, 0.15) is 11.1 Å². The molecule has 0 heterocycles. The molecular formula is C24H16BrCl3N2O3. The Labute approximate surface area is 214 Å². The molecule has 1 N–H and O–H groups in total. The molecule has 0 unspecified atom stereocenters. The molecule has 0 spiro atoms. The van der Waals surface area contributed by atoms with Gasteiger partial charge in [-0.15, -0.1) is 0 Å². The Kier molecular flexibility index (Phi) is 8.65. The fourth-order valence-electron chi connectivity index (χ4n) is 2.80. The van der Waals surface area contributed by atoms with Crippen molar-refractivity contribution in [2.75, 3.05) is 12.4 Å². The lowest BCUT2D eigenvalue weighted by Gasteiger charge is -2.14. The molecule has 9 heteroatoms. The molecule has 3 aromatic carbocycles. The summed E-state index contributed by atoms with van der Waals surface area (Å²) in [4.78, 5) is 12.5. The van der Waals surface area contributed by atoms with Crippen LogP contribution in [0.5, 0.6) is 11.5 Å². The van der Waals surface area contributed by atoms with E-state index in [9.17, 15) is 10.1 Å². The van der Waals surface area contributed by atoms with Crippen molar-refractivity contribution < 1.29 is 14.3 Å². The van der Waals surface area contributed by atoms with Crippen LogP contribution in [0.3, 0.4) is 0 Å². The second kappa shape index (κ2) is 11.4. The molecule has 0 saturated heterocycles. The number of nitrogens with one attached hydrogen (secondary N) is 1. The highest BCUT2D eigenvalue weighted by Crippen LogP contribution is 2.38. The highest BCUT2D eigenvalue weighted by atomic mass is 79.9. The Morgan fingerprint density at radius 3 is 2.45 bits per heavy atom. The summed E-state index contributed by atoms with van der Waals surface area (Å²) in [5, 5.41) is 13.6. The number of nitrogens with zero attached hydrogens (tertiary/aromatic N) is 1. The maximum absolute atomic E-state index is 12.5. The molecule has 0 atom stereocenters. The van der Waals surface area contributed by atoms with E-state index in [0.29, 0.717) is 42.3 Å². The van der Waals surface area contributed by atoms with Crippen LogP contribution in [0, 0.1) is 11.3 Å². The maximum Gasteiger partial charge on any atom is 0.266 e. The molecule has 0 fully saturated rings. The summed E-state index contributed by atoms with van der Waals surface area (Å²) < 4.78 is 12.0. The third-order valence-electron chi connectivity index (χ3n) is 4.40. The molecule has 0 aliphatic carbocycles. The molecule has 0 aliphatic rings. The van der Waals surface area contributed by atoms with Crippen LogP contribution in [-0.4, -0.2) is 13.0 Å². The third-order valence-corrected chi connectivity index (χ3v) is 5.98. The summed E-state index contributed by atoms with van der Waals surface area (Å²) in [5.41, 5.74) is 1.84. The van der Waals surface area contributed by atoms with E-state index in [1.165, 1.54) is 13.2 Å². The van der Waals surface area contributed by atoms with Crippen molar-refractivity contribution in [2.24, 2.45) is 0 Å². The summed E-state index contributed by atoms with van der Waals surface area (Å²) in [6.07, 6.45) is 1.46. The molecule has 0 aliphatic heterocycles. The largest absolute Gasteiger partial charge is 0.493 e. The van der Waals surface area contributed by atoms with Crippen molar-refractivity contribution >= 4 is 68.4 Å². The number of nitriles is 1. The Balaban J connectivity index is 1.81. The Hall–Kier alpha value is -2.69. The first-order chi connectivity index (χ1) is 15.8. The third kappa shape index (κ3) is 6.66. The molecule has 33 heavy (non-hydrogen) atoms. The SMILES string of the molecule is COc1cc(/C=C(/C#N)C(=O)Nc2ccc(Cl)cc2)cc(Br)c1OCc1ccc(Cl)c(Cl)c1. The number of methoxy groups -OCH3 is 1. The number of carbonyl (C=O) groups excluding carboxylic acids is 1. The van der Waals surface area contributed by atoms with Gasteiger partial charge in [-0.05, 0) is 81.7 Å². The highest BCUT2D eigenvalue weighted by Gasteiger charge is 2.15. The van der Waals surface area contributed by atoms with Crippen LogP contribution < -0.4 is 14.8 Å². The minimum atomic E-state index is -0.546. The van der Waals surface area contributed by atoms with Gasteiger partial charge in [0.05, 0.1) is 21.6 Å². The minimum Gasteiger partial charge on any atom is -0.493 e. The van der Waals surface area contributed by atoms with Gasteiger partial charge >= 0.3 is 0 Å². The van der Waals surface area contributed by atoms with E-state index in [1.807, 2.05) is 12.1 Å². The average molecular weight is 567 g/mol. The lowest BCUT2D eigenvalue weighted by atomic mass is 10.1. The highest BCUT2D eigenvalue weighted by molar-refractivity contribution is 9.10. The maximum atomic E-state index is 12.5. The Morgan fingerprint density at radius 1 is 1.09 bits per heavy atom. The molecule has 168 valence electrons. The number of ether oxygens (including phenoxy) is 2. The quantitative estimate of drug-likeness (QED) is 0.237. The van der Waals surface area contributed by atoms with Crippen LogP contribution in [0.15, 0.2) is 64.6 Å². The molecule has 3 aromatic rings. The van der Waals surface area contributed by atoms with E-state index >= 15 is 0 Å². The van der Waals surface area contributed by atoms with Crippen molar-refractivity contribution in [3.05, 3.63) is 90.8 Å². The fraction of sp³-hybridized carbons (Fsp3) is 0.0833. The zero-order valence-corrected chi connectivity index (χ0v) is 21.0. The van der Waals surface area contributed by atoms with Crippen molar-refractivity contribution in [3.8, 4) is 17.6 Å². The Bertz CT molecular complexity index is 1260. The normalized spacial score (nSPS) is 11.0. The first-order valence-electron chi connectivity index (χ1n) is 9.43. The minimum absolute atomic E-state index is 0.0802. The summed E-state index contributed by atoms with van der Waals surface area (Å²) in [7, 11) is 1.50. The van der Waals surface area contributed by atoms with Crippen molar-refractivity contribution in [2.45, 2.75) is 6.61 Å². The molecule has 1 amide bonds. The second-order valence-corrected chi connectivity index (χ2v) is 8.81. The van der Waals surface area contributed by atoms with Crippen molar-refractivity contribution in [1.29, 1.82) is 5.26 Å². The number of anilines is 1. The monoisotopic (exact) mass is 564 g/mol. The van der Waals surface area contributed by atoms with Gasteiger partial charge in [-0.2, -0.15) is 5.26 Å². The van der Waals surface area contributed by atoms with Gasteiger partial charge in [0.25, 0.3) is 5.91 Å². The van der Waals surface area contributed by atoms with E-state index in [4.69, 9.17) is 44.3 Å². The number of carbonyl (C=O) groups is 1. The molecule has 0 bridgehead atoms. The molecule has 3 rings (SSSR count). The van der Waals surface area contributed by atoms with Crippen molar-refractivity contribution in [1.82, 2.24) is 0 Å². The van der Waals surface area contributed by atoms with E-state index in [2.05, 4.69) is 21.2 Å². The number of amides is 1. The number of hydrogen-bond acceptors (Lipinski definition) is 4. The zero-order chi connectivity index (χ0) is 24.0. The number of benzene rings is 3. The zero-order valence-electron chi connectivity index (χ0n) is 17.2. The summed E-state index contributed by atoms with van der Waals surface area (Å²) in [5.74, 6) is 0.339. The lowest BCUT2D eigenvalue weighted by molar-refractivity contribution is -0.112. The molecule has 0 saturated carbocycles. The molecule has 5 nitrogen and oxygen atoms in total. The van der Waals surface area contributed by atoms with Gasteiger partial charge in [0.2, 0.25) is 0 Å². The summed E-state index contributed by atoms with van der Waals surface area (Å²) in [6.45, 7) is 0.230. The van der Waals surface area contributed by atoms with Gasteiger partial charge in [0.15, 0.2) is 11.5 Å². The smallest absolute Gasteiger partial charge is 0.266 e. The van der Waals surface area contributed by atoms with Crippen LogP contribution in [-0.2, 0) is 11.4 Å². The predicted molar refractivity (Wildman–Crippen MR) is 135 cm³/mol. The fourth-order valence-corrected chi connectivity index (χ4v) is 3.82. The average Bonchev–Trinajstić information content (AvgIpc) is 2.80. The van der Waals surface area contributed by atoms with Crippen molar-refractivity contribution in [3.63, 3.8) is 0 Å². The first kappa shape index (κ1) is 24.9. The van der Waals surface area contributed by atoms with Gasteiger partial charge in [0, 0.05) is 10.7 Å².